The molecule has 10 nitrogen and oxygen atoms in total. The Hall–Kier alpha value is -3.08. The molecule has 30 heavy (non-hydrogen) atoms. The van der Waals surface area contributed by atoms with Crippen LogP contribution in [0.4, 0.5) is 0 Å². The first-order valence-electron chi connectivity index (χ1n) is 9.55. The number of hydrogen-bond acceptors (Lipinski definition) is 8. The number of tetrazole rings is 1. The first kappa shape index (κ1) is 17.8. The van der Waals surface area contributed by atoms with Gasteiger partial charge in [-0.1, -0.05) is 35.9 Å². The highest BCUT2D eigenvalue weighted by Crippen LogP contribution is 2.32. The Labute approximate surface area is 174 Å². The molecule has 1 aromatic carbocycles. The van der Waals surface area contributed by atoms with Crippen LogP contribution in [0.3, 0.4) is 0 Å². The molecule has 5 heterocycles. The average molecular weight is 426 g/mol. The standard InChI is InChI=1S/C19H16ClN7O3/c20-11-7-12-18(23-19(21-12)30-14-8-29-13-5-6-28-16(13)14)22-15(11)9-1-3-10(4-2-9)17-24-26-27-25-17/h1-4,7,13-14,16H,5-6,8H2,(H,21,22,23)(H,24,25,26,27)/t13-,14?,16+/m1/s1. The van der Waals surface area contributed by atoms with Crippen LogP contribution in [0.15, 0.2) is 30.3 Å². The topological polar surface area (TPSA) is 124 Å². The summed E-state index contributed by atoms with van der Waals surface area (Å²) in [5, 5.41) is 14.5. The number of benzene rings is 1. The van der Waals surface area contributed by atoms with Crippen molar-refractivity contribution in [2.75, 3.05) is 13.2 Å². The van der Waals surface area contributed by atoms with Crippen molar-refractivity contribution < 1.29 is 14.2 Å². The van der Waals surface area contributed by atoms with E-state index in [2.05, 4.69) is 35.6 Å². The Kier molecular flexibility index (Phi) is 4.15. The first-order chi connectivity index (χ1) is 14.7. The van der Waals surface area contributed by atoms with Gasteiger partial charge in [0.05, 0.1) is 28.9 Å². The molecule has 11 heteroatoms. The molecule has 0 amide bonds. The molecule has 152 valence electrons. The van der Waals surface area contributed by atoms with E-state index in [0.29, 0.717) is 46.9 Å². The van der Waals surface area contributed by atoms with Crippen molar-refractivity contribution in [2.45, 2.75) is 24.7 Å². The summed E-state index contributed by atoms with van der Waals surface area (Å²) in [5.41, 5.74) is 3.54. The Morgan fingerprint density at radius 1 is 1.10 bits per heavy atom. The van der Waals surface area contributed by atoms with E-state index in [4.69, 9.17) is 25.8 Å². The number of nitrogens with one attached hydrogen (secondary N) is 2. The number of aromatic nitrogens is 7. The second-order valence-corrected chi connectivity index (χ2v) is 7.60. The van der Waals surface area contributed by atoms with Crippen molar-refractivity contribution in [3.63, 3.8) is 0 Å². The second kappa shape index (κ2) is 7.01. The lowest BCUT2D eigenvalue weighted by Gasteiger charge is -2.15. The smallest absolute Gasteiger partial charge is 0.296 e. The summed E-state index contributed by atoms with van der Waals surface area (Å²) in [6.45, 7) is 1.18. The maximum Gasteiger partial charge on any atom is 0.296 e. The highest BCUT2D eigenvalue weighted by Gasteiger charge is 2.43. The van der Waals surface area contributed by atoms with Gasteiger partial charge in [0.15, 0.2) is 11.8 Å². The normalized spacial score (nSPS) is 23.2. The van der Waals surface area contributed by atoms with Gasteiger partial charge in [-0.05, 0) is 17.7 Å². The lowest BCUT2D eigenvalue weighted by molar-refractivity contribution is 0.0273. The van der Waals surface area contributed by atoms with E-state index >= 15 is 0 Å². The van der Waals surface area contributed by atoms with Crippen LogP contribution in [0.5, 0.6) is 6.01 Å². The number of fused-ring (bicyclic) bond motifs is 2. The quantitative estimate of drug-likeness (QED) is 0.510. The van der Waals surface area contributed by atoms with Gasteiger partial charge in [0.2, 0.25) is 5.82 Å². The summed E-state index contributed by atoms with van der Waals surface area (Å²) in [5.74, 6) is 0.523. The molecule has 0 aliphatic carbocycles. The fourth-order valence-electron chi connectivity index (χ4n) is 3.89. The first-order valence-corrected chi connectivity index (χ1v) is 9.93. The van der Waals surface area contributed by atoms with Crippen LogP contribution >= 0.6 is 11.6 Å². The summed E-state index contributed by atoms with van der Waals surface area (Å²) in [6.07, 6.45) is 0.763. The number of H-pyrrole nitrogens is 2. The molecule has 1 unspecified atom stereocenters. The van der Waals surface area contributed by atoms with Crippen molar-refractivity contribution in [2.24, 2.45) is 0 Å². The Bertz CT molecular complexity index is 1200. The lowest BCUT2D eigenvalue weighted by atomic mass is 10.1. The van der Waals surface area contributed by atoms with E-state index in [-0.39, 0.29) is 18.3 Å². The lowest BCUT2D eigenvalue weighted by Crippen LogP contribution is -2.32. The average Bonchev–Trinajstić information content (AvgIpc) is 3.54. The van der Waals surface area contributed by atoms with Gasteiger partial charge >= 0.3 is 0 Å². The van der Waals surface area contributed by atoms with Crippen LogP contribution in [0.2, 0.25) is 5.02 Å². The number of halogens is 1. The number of ether oxygens (including phenoxy) is 3. The Morgan fingerprint density at radius 2 is 1.97 bits per heavy atom. The van der Waals surface area contributed by atoms with Gasteiger partial charge in [-0.3, -0.25) is 0 Å². The Morgan fingerprint density at radius 3 is 2.80 bits per heavy atom. The van der Waals surface area contributed by atoms with Gasteiger partial charge in [0.25, 0.3) is 6.01 Å². The molecular formula is C19H16ClN7O3. The third-order valence-electron chi connectivity index (χ3n) is 5.35. The number of rotatable bonds is 4. The van der Waals surface area contributed by atoms with Gasteiger partial charge in [0, 0.05) is 17.7 Å². The third-order valence-corrected chi connectivity index (χ3v) is 5.64. The molecule has 2 aliphatic heterocycles. The zero-order valence-corrected chi connectivity index (χ0v) is 16.3. The number of aromatic amines is 2. The van der Waals surface area contributed by atoms with E-state index in [1.54, 1.807) is 6.07 Å². The molecule has 0 radical (unpaired) electrons. The predicted molar refractivity (Wildman–Crippen MR) is 106 cm³/mol. The van der Waals surface area contributed by atoms with Gasteiger partial charge in [-0.15, -0.1) is 10.2 Å². The number of hydrogen-bond donors (Lipinski definition) is 2. The maximum atomic E-state index is 6.50. The molecule has 4 aromatic rings. The highest BCUT2D eigenvalue weighted by molar-refractivity contribution is 6.33. The van der Waals surface area contributed by atoms with Crippen molar-refractivity contribution in [3.05, 3.63) is 35.4 Å². The molecule has 2 N–H and O–H groups in total. The van der Waals surface area contributed by atoms with E-state index in [9.17, 15) is 0 Å². The van der Waals surface area contributed by atoms with Crippen LogP contribution in [-0.2, 0) is 9.47 Å². The predicted octanol–water partition coefficient (Wildman–Crippen LogP) is 2.39. The van der Waals surface area contributed by atoms with E-state index in [0.717, 1.165) is 17.5 Å². The van der Waals surface area contributed by atoms with Gasteiger partial charge in [-0.2, -0.15) is 10.2 Å². The van der Waals surface area contributed by atoms with Crippen LogP contribution in [0, 0.1) is 0 Å². The molecule has 3 aromatic heterocycles. The molecule has 0 spiro atoms. The van der Waals surface area contributed by atoms with Gasteiger partial charge < -0.3 is 19.2 Å². The summed E-state index contributed by atoms with van der Waals surface area (Å²) >= 11 is 6.50. The van der Waals surface area contributed by atoms with Crippen molar-refractivity contribution >= 4 is 22.8 Å². The molecular weight excluding hydrogens is 410 g/mol. The zero-order chi connectivity index (χ0) is 20.1. The maximum absolute atomic E-state index is 6.50. The minimum atomic E-state index is -0.189. The van der Waals surface area contributed by atoms with E-state index in [1.807, 2.05) is 24.3 Å². The summed E-state index contributed by atoms with van der Waals surface area (Å²) in [4.78, 5) is 12.2. The molecule has 2 saturated heterocycles. The monoisotopic (exact) mass is 425 g/mol. The van der Waals surface area contributed by atoms with Crippen molar-refractivity contribution in [3.8, 4) is 28.7 Å². The molecule has 3 atom stereocenters. The Balaban J connectivity index is 1.28. The SMILES string of the molecule is Clc1cc2[nH]c(OC3CO[C@@H]4CCO[C@H]34)nc2nc1-c1ccc(-c2nn[nH]n2)cc1. The van der Waals surface area contributed by atoms with Crippen LogP contribution in [0.25, 0.3) is 33.8 Å². The minimum absolute atomic E-state index is 0.0527. The zero-order valence-electron chi connectivity index (χ0n) is 15.6. The van der Waals surface area contributed by atoms with Crippen molar-refractivity contribution in [1.82, 2.24) is 35.6 Å². The van der Waals surface area contributed by atoms with E-state index < -0.39 is 0 Å². The van der Waals surface area contributed by atoms with Gasteiger partial charge in [0.1, 0.15) is 6.10 Å². The van der Waals surface area contributed by atoms with Crippen molar-refractivity contribution in [1.29, 1.82) is 0 Å². The molecule has 2 fully saturated rings. The van der Waals surface area contributed by atoms with E-state index in [1.165, 1.54) is 0 Å². The van der Waals surface area contributed by atoms with Gasteiger partial charge in [-0.25, -0.2) is 4.98 Å². The van der Waals surface area contributed by atoms with Crippen LogP contribution in [-0.4, -0.2) is 67.1 Å². The minimum Gasteiger partial charge on any atom is -0.456 e. The summed E-state index contributed by atoms with van der Waals surface area (Å²) < 4.78 is 17.4. The molecule has 0 bridgehead atoms. The summed E-state index contributed by atoms with van der Waals surface area (Å²) in [6, 6.07) is 9.76. The largest absolute Gasteiger partial charge is 0.456 e. The fourth-order valence-corrected chi connectivity index (χ4v) is 4.15. The molecule has 6 rings (SSSR count). The van der Waals surface area contributed by atoms with Crippen LogP contribution < -0.4 is 4.74 Å². The highest BCUT2D eigenvalue weighted by atomic mass is 35.5. The number of imidazole rings is 1. The molecule has 2 aliphatic rings. The number of nitrogens with zero attached hydrogens (tertiary/aromatic N) is 5. The third kappa shape index (κ3) is 3.00. The second-order valence-electron chi connectivity index (χ2n) is 7.20. The van der Waals surface area contributed by atoms with Crippen LogP contribution in [0.1, 0.15) is 6.42 Å². The number of pyridine rings is 1. The molecule has 0 saturated carbocycles. The summed E-state index contributed by atoms with van der Waals surface area (Å²) in [7, 11) is 0. The fraction of sp³-hybridized carbons (Fsp3) is 0.316.